The lowest BCUT2D eigenvalue weighted by molar-refractivity contribution is -0.120. The molecule has 0 aliphatic rings. The first-order valence-corrected chi connectivity index (χ1v) is 6.66. The van der Waals surface area contributed by atoms with Crippen molar-refractivity contribution in [1.82, 2.24) is 10.3 Å². The molecule has 5 heteroatoms. The molecule has 1 amide bonds. The summed E-state index contributed by atoms with van der Waals surface area (Å²) in [6, 6.07) is 7.68. The van der Waals surface area contributed by atoms with E-state index in [1.807, 2.05) is 29.6 Å². The highest BCUT2D eigenvalue weighted by molar-refractivity contribution is 7.07. The van der Waals surface area contributed by atoms with E-state index in [-0.39, 0.29) is 5.91 Å². The first-order valence-electron chi connectivity index (χ1n) is 5.72. The summed E-state index contributed by atoms with van der Waals surface area (Å²) in [6.45, 7) is 0.632. The van der Waals surface area contributed by atoms with Crippen LogP contribution in [0, 0.1) is 0 Å². The lowest BCUT2D eigenvalue weighted by Gasteiger charge is -2.04. The Morgan fingerprint density at radius 1 is 1.33 bits per heavy atom. The van der Waals surface area contributed by atoms with Gasteiger partial charge in [-0.2, -0.15) is 0 Å². The number of carbonyl (C=O) groups excluding carboxylic acids is 1. The molecule has 1 aromatic heterocycles. The van der Waals surface area contributed by atoms with Gasteiger partial charge < -0.3 is 11.1 Å². The predicted molar refractivity (Wildman–Crippen MR) is 73.4 cm³/mol. The summed E-state index contributed by atoms with van der Waals surface area (Å²) >= 11 is 1.50. The van der Waals surface area contributed by atoms with Crippen LogP contribution in [0.5, 0.6) is 0 Å². The molecule has 0 aliphatic heterocycles. The number of amides is 1. The Hall–Kier alpha value is -1.88. The summed E-state index contributed by atoms with van der Waals surface area (Å²) < 4.78 is 0. The maximum Gasteiger partial charge on any atom is 0.226 e. The van der Waals surface area contributed by atoms with Crippen LogP contribution in [0.25, 0.3) is 0 Å². The Labute approximate surface area is 110 Å². The monoisotopic (exact) mass is 261 g/mol. The third kappa shape index (κ3) is 3.85. The maximum atomic E-state index is 11.6. The molecule has 0 unspecified atom stereocenters. The summed E-state index contributed by atoms with van der Waals surface area (Å²) in [5, 5.41) is 4.77. The van der Waals surface area contributed by atoms with Crippen molar-refractivity contribution < 1.29 is 4.79 Å². The Morgan fingerprint density at radius 2 is 2.11 bits per heavy atom. The first kappa shape index (κ1) is 12.6. The first-order chi connectivity index (χ1) is 8.74. The number of nitrogens with two attached hydrogens (primary N) is 1. The van der Waals surface area contributed by atoms with E-state index >= 15 is 0 Å². The van der Waals surface area contributed by atoms with Gasteiger partial charge in [0.2, 0.25) is 5.91 Å². The van der Waals surface area contributed by atoms with E-state index < -0.39 is 0 Å². The number of nitrogen functional groups attached to an aromatic ring is 1. The molecule has 3 N–H and O–H groups in total. The van der Waals surface area contributed by atoms with Crippen LogP contribution in [0.4, 0.5) is 5.69 Å². The molecule has 0 radical (unpaired) electrons. The molecule has 0 atom stereocenters. The van der Waals surface area contributed by atoms with Gasteiger partial charge in [-0.15, -0.1) is 11.3 Å². The van der Waals surface area contributed by atoms with E-state index in [1.165, 1.54) is 11.3 Å². The average Bonchev–Trinajstić information content (AvgIpc) is 2.84. The molecule has 0 saturated carbocycles. The number of carbonyl (C=O) groups is 1. The zero-order valence-electron chi connectivity index (χ0n) is 9.93. The van der Waals surface area contributed by atoms with Crippen LogP contribution in [0.1, 0.15) is 11.3 Å². The van der Waals surface area contributed by atoms with Gasteiger partial charge in [-0.05, 0) is 24.1 Å². The summed E-state index contributed by atoms with van der Waals surface area (Å²) in [5.74, 6) is 0.0105. The van der Waals surface area contributed by atoms with Gasteiger partial charge >= 0.3 is 0 Å². The van der Waals surface area contributed by atoms with Crippen LogP contribution >= 0.6 is 11.3 Å². The van der Waals surface area contributed by atoms with E-state index in [0.717, 1.165) is 23.4 Å². The minimum Gasteiger partial charge on any atom is -0.399 e. The highest BCUT2D eigenvalue weighted by Crippen LogP contribution is 2.05. The number of benzene rings is 1. The molecule has 18 heavy (non-hydrogen) atoms. The number of anilines is 1. The Balaban J connectivity index is 1.72. The van der Waals surface area contributed by atoms with Crippen molar-refractivity contribution in [3.63, 3.8) is 0 Å². The molecule has 0 fully saturated rings. The van der Waals surface area contributed by atoms with Gasteiger partial charge in [0.25, 0.3) is 0 Å². The van der Waals surface area contributed by atoms with Crippen LogP contribution in [0.15, 0.2) is 35.2 Å². The molecule has 1 heterocycles. The Bertz CT molecular complexity index is 493. The molecule has 0 spiro atoms. The van der Waals surface area contributed by atoms with Gasteiger partial charge in [0, 0.05) is 17.6 Å². The fourth-order valence-electron chi connectivity index (χ4n) is 1.58. The zero-order valence-corrected chi connectivity index (χ0v) is 10.7. The number of nitrogens with one attached hydrogen (secondary N) is 1. The quantitative estimate of drug-likeness (QED) is 0.804. The van der Waals surface area contributed by atoms with Crippen molar-refractivity contribution in [2.75, 3.05) is 12.3 Å². The van der Waals surface area contributed by atoms with E-state index in [4.69, 9.17) is 5.73 Å². The van der Waals surface area contributed by atoms with Crippen LogP contribution < -0.4 is 11.1 Å². The summed E-state index contributed by atoms with van der Waals surface area (Å²) in [4.78, 5) is 15.7. The number of hydrogen-bond donors (Lipinski definition) is 2. The summed E-state index contributed by atoms with van der Waals surface area (Å²) in [5.41, 5.74) is 10.1. The van der Waals surface area contributed by atoms with Gasteiger partial charge in [0.05, 0.1) is 17.6 Å². The second-order valence-electron chi connectivity index (χ2n) is 4.00. The number of aromatic nitrogens is 1. The molecule has 94 valence electrons. The number of nitrogens with zero attached hydrogens (tertiary/aromatic N) is 1. The fourth-order valence-corrected chi connectivity index (χ4v) is 2.14. The van der Waals surface area contributed by atoms with Gasteiger partial charge in [0.1, 0.15) is 0 Å². The number of thiazole rings is 1. The zero-order chi connectivity index (χ0) is 12.8. The minimum atomic E-state index is 0.0105. The SMILES string of the molecule is Nc1ccc(CCNC(=O)Cc2cscn2)cc1. The van der Waals surface area contributed by atoms with Crippen LogP contribution in [-0.4, -0.2) is 17.4 Å². The third-order valence-electron chi connectivity index (χ3n) is 2.54. The lowest BCUT2D eigenvalue weighted by Crippen LogP contribution is -2.27. The minimum absolute atomic E-state index is 0.0105. The molecular weight excluding hydrogens is 246 g/mol. The van der Waals surface area contributed by atoms with E-state index in [0.29, 0.717) is 13.0 Å². The third-order valence-corrected chi connectivity index (χ3v) is 3.18. The molecule has 0 saturated heterocycles. The molecule has 1 aromatic carbocycles. The van der Waals surface area contributed by atoms with Gasteiger partial charge in [0.15, 0.2) is 0 Å². The smallest absolute Gasteiger partial charge is 0.226 e. The van der Waals surface area contributed by atoms with E-state index in [1.54, 1.807) is 5.51 Å². The predicted octanol–water partition coefficient (Wildman–Crippen LogP) is 1.63. The largest absolute Gasteiger partial charge is 0.399 e. The lowest BCUT2D eigenvalue weighted by atomic mass is 10.1. The second-order valence-corrected chi connectivity index (χ2v) is 4.72. The van der Waals surface area contributed by atoms with Crippen molar-refractivity contribution in [3.05, 3.63) is 46.4 Å². The van der Waals surface area contributed by atoms with Crippen molar-refractivity contribution >= 4 is 22.9 Å². The van der Waals surface area contributed by atoms with Crippen molar-refractivity contribution in [2.45, 2.75) is 12.8 Å². The van der Waals surface area contributed by atoms with Crippen molar-refractivity contribution in [1.29, 1.82) is 0 Å². The van der Waals surface area contributed by atoms with Crippen molar-refractivity contribution in [2.24, 2.45) is 0 Å². The van der Waals surface area contributed by atoms with Crippen LogP contribution in [0.3, 0.4) is 0 Å². The molecular formula is C13H15N3OS. The normalized spacial score (nSPS) is 10.2. The standard InChI is InChI=1S/C13H15N3OS/c14-11-3-1-10(2-4-11)5-6-15-13(17)7-12-8-18-9-16-12/h1-4,8-9H,5-7,14H2,(H,15,17). The highest BCUT2D eigenvalue weighted by atomic mass is 32.1. The van der Waals surface area contributed by atoms with Gasteiger partial charge in [-0.1, -0.05) is 12.1 Å². The topological polar surface area (TPSA) is 68.0 Å². The fraction of sp³-hybridized carbons (Fsp3) is 0.231. The Kier molecular flexibility index (Phi) is 4.30. The number of hydrogen-bond acceptors (Lipinski definition) is 4. The van der Waals surface area contributed by atoms with Crippen molar-refractivity contribution in [3.8, 4) is 0 Å². The summed E-state index contributed by atoms with van der Waals surface area (Å²) in [6.07, 6.45) is 1.16. The maximum absolute atomic E-state index is 11.6. The molecule has 0 aliphatic carbocycles. The summed E-state index contributed by atoms with van der Waals surface area (Å²) in [7, 11) is 0. The van der Waals surface area contributed by atoms with Gasteiger partial charge in [-0.3, -0.25) is 4.79 Å². The van der Waals surface area contributed by atoms with Gasteiger partial charge in [-0.25, -0.2) is 4.98 Å². The van der Waals surface area contributed by atoms with E-state index in [9.17, 15) is 4.79 Å². The van der Waals surface area contributed by atoms with E-state index in [2.05, 4.69) is 10.3 Å². The number of rotatable bonds is 5. The van der Waals surface area contributed by atoms with Crippen LogP contribution in [0.2, 0.25) is 0 Å². The van der Waals surface area contributed by atoms with Crippen LogP contribution in [-0.2, 0) is 17.6 Å². The second kappa shape index (κ2) is 6.16. The molecule has 4 nitrogen and oxygen atoms in total. The molecule has 2 aromatic rings. The highest BCUT2D eigenvalue weighted by Gasteiger charge is 2.04. The average molecular weight is 261 g/mol. The molecule has 0 bridgehead atoms. The molecule has 2 rings (SSSR count). The Morgan fingerprint density at radius 3 is 2.78 bits per heavy atom.